The molecule has 0 aromatic heterocycles. The molecule has 13 nitrogen and oxygen atoms in total. The Morgan fingerprint density at radius 1 is 0.180 bits per heavy atom. The SMILES string of the molecule is CC(OC(C)(C)C)C1(C(C)OC(C)(C)C)Sc2cc3c(c(C(O)(c4c5c(cc6c4SC(C(C)OC(C)(C)C)(C(C)OC(C)(C)C)S6)SC(C(C)OC(C)(C)C)(C(C)OC(C)(C)C)S5)c4c5c(cc6c4SC(C(C)OC(C)(C)C)(C(C)OC(C)(C)C)S6)SC(C(C)OC(C)(C)C)(C(C)OC(C)(C)C)S5)c2S1)SC(C(C)OC(C)(C)C)(C(C)OC(C)(C)C)S3. The number of hydrogen-bond donors (Lipinski definition) is 1. The van der Waals surface area contributed by atoms with E-state index in [1.54, 1.807) is 0 Å². The van der Waals surface area contributed by atoms with Crippen LogP contribution in [0.5, 0.6) is 0 Å². The van der Waals surface area contributed by atoms with Crippen LogP contribution in [0.1, 0.15) is 349 Å². The minimum Gasteiger partial charge on any atom is -0.376 e. The van der Waals surface area contributed by atoms with Crippen LogP contribution >= 0.6 is 141 Å². The van der Waals surface area contributed by atoms with Crippen molar-refractivity contribution in [1.82, 2.24) is 0 Å². The number of hydrogen-bond acceptors (Lipinski definition) is 25. The van der Waals surface area contributed by atoms with Gasteiger partial charge in [0.2, 0.25) is 0 Å². The first-order valence-corrected chi connectivity index (χ1v) is 54.1. The van der Waals surface area contributed by atoms with Crippen LogP contribution in [-0.4, -0.2) is 170 Å². The quantitative estimate of drug-likeness (QED) is 0.0726. The fourth-order valence-electron chi connectivity index (χ4n) is 17.7. The molecule has 698 valence electrons. The smallest absolute Gasteiger partial charge is 0.147 e. The molecule has 1 N–H and O–H groups in total. The average Bonchev–Trinajstić information content (AvgIpc) is 1.49. The first-order valence-electron chi connectivity index (χ1n) is 44.3. The number of aliphatic hydroxyl groups is 1. The normalized spacial score (nSPS) is 27.4. The zero-order valence-corrected chi connectivity index (χ0v) is 93.7. The molecule has 3 aromatic carbocycles. The third kappa shape index (κ3) is 23.9. The Labute approximate surface area is 792 Å². The predicted octanol–water partition coefficient (Wildman–Crippen LogP) is 29.8. The lowest BCUT2D eigenvalue weighted by molar-refractivity contribution is -0.104. The van der Waals surface area contributed by atoms with E-state index in [4.69, 9.17) is 56.8 Å². The predicted molar refractivity (Wildman–Crippen MR) is 532 cm³/mol. The molecule has 0 aliphatic carbocycles. The van der Waals surface area contributed by atoms with Gasteiger partial charge >= 0.3 is 0 Å². The van der Waals surface area contributed by atoms with Crippen LogP contribution in [0.4, 0.5) is 0 Å². The van der Waals surface area contributed by atoms with E-state index in [0.29, 0.717) is 0 Å². The minimum absolute atomic E-state index is 0.446. The number of fused-ring (bicyclic) bond motifs is 6. The van der Waals surface area contributed by atoms with Crippen molar-refractivity contribution in [2.75, 3.05) is 0 Å². The Bertz CT molecular complexity index is 3410. The summed E-state index contributed by atoms with van der Waals surface area (Å²) in [5.41, 5.74) is -6.89. The lowest BCUT2D eigenvalue weighted by atomic mass is 9.79. The maximum Gasteiger partial charge on any atom is 0.147 e. The second kappa shape index (κ2) is 36.1. The lowest BCUT2D eigenvalue weighted by Gasteiger charge is -2.45. The summed E-state index contributed by atoms with van der Waals surface area (Å²) >= 11 is 21.8. The summed E-state index contributed by atoms with van der Waals surface area (Å²) in [5, 5.41) is 18.6. The highest BCUT2D eigenvalue weighted by Crippen LogP contribution is 2.78. The molecular weight excluding hydrogens is 1760 g/mol. The molecule has 0 radical (unpaired) electrons. The van der Waals surface area contributed by atoms with Crippen molar-refractivity contribution >= 4 is 141 Å². The Morgan fingerprint density at radius 3 is 0.352 bits per heavy atom. The molecule has 0 fully saturated rings. The van der Waals surface area contributed by atoms with E-state index in [-0.39, 0.29) is 0 Å². The van der Waals surface area contributed by atoms with Gasteiger partial charge in [-0.1, -0.05) is 0 Å². The van der Waals surface area contributed by atoms with Crippen molar-refractivity contribution in [3.63, 3.8) is 0 Å². The van der Waals surface area contributed by atoms with Gasteiger partial charge in [-0.15, -0.1) is 141 Å². The van der Waals surface area contributed by atoms with Crippen molar-refractivity contribution in [3.8, 4) is 0 Å². The Balaban J connectivity index is 1.69. The highest BCUT2D eigenvalue weighted by molar-refractivity contribution is 8.23. The zero-order chi connectivity index (χ0) is 93.2. The van der Waals surface area contributed by atoms with Gasteiger partial charge < -0.3 is 61.9 Å². The molecule has 0 amide bonds. The van der Waals surface area contributed by atoms with E-state index in [0.717, 1.165) is 75.4 Å². The van der Waals surface area contributed by atoms with Crippen molar-refractivity contribution in [2.24, 2.45) is 0 Å². The number of thioether (sulfide) groups is 12. The van der Waals surface area contributed by atoms with Gasteiger partial charge in [-0.2, -0.15) is 0 Å². The maximum atomic E-state index is 18.6. The monoisotopic (exact) mass is 1920 g/mol. The van der Waals surface area contributed by atoms with Crippen molar-refractivity contribution in [2.45, 2.75) is 562 Å². The molecule has 6 heterocycles. The van der Waals surface area contributed by atoms with Crippen LogP contribution in [0.15, 0.2) is 76.9 Å². The molecule has 0 spiro atoms. The van der Waals surface area contributed by atoms with Crippen LogP contribution in [-0.2, 0) is 62.4 Å². The number of benzene rings is 3. The molecule has 122 heavy (non-hydrogen) atoms. The first kappa shape index (κ1) is 107. The van der Waals surface area contributed by atoms with Gasteiger partial charge in [-0.25, -0.2) is 0 Å². The molecule has 9 rings (SSSR count). The van der Waals surface area contributed by atoms with Crippen molar-refractivity contribution < 1.29 is 61.9 Å². The average molecular weight is 1920 g/mol. The summed E-state index contributed by atoms with van der Waals surface area (Å²) < 4.78 is 84.9. The molecule has 6 aliphatic rings. The van der Waals surface area contributed by atoms with E-state index in [9.17, 15) is 0 Å². The molecule has 6 aliphatic heterocycles. The van der Waals surface area contributed by atoms with Gasteiger partial charge in [-0.05, 0) is 351 Å². The van der Waals surface area contributed by atoms with Crippen LogP contribution in [0.2, 0.25) is 0 Å². The summed E-state index contributed by atoms with van der Waals surface area (Å²) in [5.74, 6) is 0. The molecule has 25 heteroatoms. The summed E-state index contributed by atoms with van der Waals surface area (Å²) in [4.78, 5) is 11.7. The molecule has 0 bridgehead atoms. The van der Waals surface area contributed by atoms with Crippen molar-refractivity contribution in [1.29, 1.82) is 0 Å². The Kier molecular flexibility index (Phi) is 31.7. The largest absolute Gasteiger partial charge is 0.376 e. The maximum absolute atomic E-state index is 18.6. The van der Waals surface area contributed by atoms with Gasteiger partial charge in [0.15, 0.2) is 0 Å². The van der Waals surface area contributed by atoms with Gasteiger partial charge in [0.1, 0.15) is 30.1 Å². The van der Waals surface area contributed by atoms with E-state index >= 15 is 5.11 Å². The van der Waals surface area contributed by atoms with E-state index < -0.39 is 171 Å². The van der Waals surface area contributed by atoms with Gasteiger partial charge in [0.05, 0.1) is 140 Å². The summed E-state index contributed by atoms with van der Waals surface area (Å²) in [7, 11) is 0. The van der Waals surface area contributed by atoms with Gasteiger partial charge in [0, 0.05) is 75.4 Å². The third-order valence-electron chi connectivity index (χ3n) is 20.9. The molecule has 0 saturated carbocycles. The molecule has 0 saturated heterocycles. The molecule has 12 unspecified atom stereocenters. The number of rotatable bonds is 27. The molecule has 3 aromatic rings. The summed E-state index contributed by atoms with van der Waals surface area (Å²) in [6.07, 6.45) is -5.36. The van der Waals surface area contributed by atoms with E-state index in [1.165, 1.54) is 0 Å². The van der Waals surface area contributed by atoms with E-state index in [2.05, 4.69) is 351 Å². The first-order chi connectivity index (χ1) is 54.5. The molecule has 12 atom stereocenters. The highest BCUT2D eigenvalue weighted by Gasteiger charge is 2.67. The standard InChI is InChI=1S/C97H160O13S12/c1-52(99-79(13,14)15)92(53(2)100-80(16,17)18)111-64-49-65-74(118-93(112-65,54(3)101-81(19,20)21)55(4)102-82(22,23)24)70(73(64)117-92)91(98,71-75-66(113-94(119-75,56(5)103-83(25,26)27)57(6)104-84(28,29)30)50-67-76(71)120-95(114-67,58(7)105-85(31,32)33)59(8)106-86(34,35)36)72-77-68(115-96(121-77,60(9)107-87(37,38)39)61(10)108-88(40,41)42)51-69-78(72)122-97(116-69,62(11)109-89(43,44)45)63(12)110-90(46,47)48/h49-63,98H,1-48H3. The third-order valence-corrected chi connectivity index (χ3v) is 43.5. The summed E-state index contributed by atoms with van der Waals surface area (Å²) in [6.45, 7) is 105. The van der Waals surface area contributed by atoms with Crippen LogP contribution in [0.3, 0.4) is 0 Å². The van der Waals surface area contributed by atoms with E-state index in [1.807, 2.05) is 141 Å². The minimum atomic E-state index is -2.23. The lowest BCUT2D eigenvalue weighted by Crippen LogP contribution is -2.50. The van der Waals surface area contributed by atoms with Crippen LogP contribution < -0.4 is 0 Å². The second-order valence-electron chi connectivity index (χ2n) is 46.5. The fraction of sp³-hybridized carbons (Fsp3) is 0.814. The highest BCUT2D eigenvalue weighted by atomic mass is 32.2. The topological polar surface area (TPSA) is 131 Å². The number of ether oxygens (including phenoxy) is 12. The molecular formula is C97H160O13S12. The zero-order valence-electron chi connectivity index (χ0n) is 83.9. The summed E-state index contributed by atoms with van der Waals surface area (Å²) in [6, 6.07) is 7.35. The Morgan fingerprint density at radius 2 is 0.270 bits per heavy atom. The van der Waals surface area contributed by atoms with Crippen LogP contribution in [0.25, 0.3) is 0 Å². The fourth-order valence-corrected chi connectivity index (χ4v) is 38.1. The van der Waals surface area contributed by atoms with Gasteiger partial charge in [-0.3, -0.25) is 0 Å². The Hall–Kier alpha value is 1.34. The van der Waals surface area contributed by atoms with Gasteiger partial charge in [0.25, 0.3) is 0 Å². The van der Waals surface area contributed by atoms with Crippen LogP contribution in [0, 0.1) is 0 Å². The van der Waals surface area contributed by atoms with Crippen molar-refractivity contribution in [3.05, 3.63) is 34.9 Å². The second-order valence-corrected chi connectivity index (χ2v) is 63.6.